The van der Waals surface area contributed by atoms with Gasteiger partial charge in [0.1, 0.15) is 0 Å². The van der Waals surface area contributed by atoms with Crippen LogP contribution in [0.3, 0.4) is 0 Å². The molecule has 0 saturated carbocycles. The number of aromatic nitrogens is 2. The van der Waals surface area contributed by atoms with Crippen LogP contribution in [0.1, 0.15) is 56.0 Å². The Hall–Kier alpha value is -3.75. The highest BCUT2D eigenvalue weighted by Crippen LogP contribution is 2.17. The number of nitrogens with zero attached hydrogens (tertiary/aromatic N) is 4. The van der Waals surface area contributed by atoms with E-state index in [1.165, 1.54) is 11.1 Å². The Bertz CT molecular complexity index is 1330. The minimum absolute atomic E-state index is 0.106. The van der Waals surface area contributed by atoms with E-state index in [9.17, 15) is 9.59 Å². The Morgan fingerprint density at radius 1 is 1.05 bits per heavy atom. The first-order valence-corrected chi connectivity index (χ1v) is 14.9. The molecule has 0 bridgehead atoms. The summed E-state index contributed by atoms with van der Waals surface area (Å²) in [7, 11) is 0. The summed E-state index contributed by atoms with van der Waals surface area (Å²) in [5.41, 5.74) is 3.66. The molecule has 1 fully saturated rings. The maximum atomic E-state index is 13.3. The second-order valence-corrected chi connectivity index (χ2v) is 10.8. The number of benzene rings is 2. The quantitative estimate of drug-likeness (QED) is 0.318. The number of hydrogen-bond donors (Lipinski definition) is 2. The molecule has 41 heavy (non-hydrogen) atoms. The lowest BCUT2D eigenvalue weighted by Gasteiger charge is -2.32. The number of nitrogens with one attached hydrogen (secondary N) is 2. The van der Waals surface area contributed by atoms with Gasteiger partial charge < -0.3 is 15.5 Å². The van der Waals surface area contributed by atoms with E-state index in [1.54, 1.807) is 41.2 Å². The zero-order chi connectivity index (χ0) is 29.0. The van der Waals surface area contributed by atoms with Gasteiger partial charge in [0.25, 0.3) is 11.5 Å². The van der Waals surface area contributed by atoms with Crippen molar-refractivity contribution in [3.8, 4) is 5.69 Å². The molecule has 1 amide bonds. The molecule has 0 spiro atoms. The predicted molar refractivity (Wildman–Crippen MR) is 168 cm³/mol. The lowest BCUT2D eigenvalue weighted by atomic mass is 10.0. The second kappa shape index (κ2) is 15.3. The zero-order valence-corrected chi connectivity index (χ0v) is 24.7. The fourth-order valence-electron chi connectivity index (χ4n) is 5.32. The van der Waals surface area contributed by atoms with Crippen LogP contribution in [0.25, 0.3) is 11.8 Å². The summed E-state index contributed by atoms with van der Waals surface area (Å²) < 4.78 is 1.58. The highest BCUT2D eigenvalue weighted by molar-refractivity contribution is 5.94. The fourth-order valence-corrected chi connectivity index (χ4v) is 5.32. The molecule has 0 atom stereocenters. The number of anilines is 1. The summed E-state index contributed by atoms with van der Waals surface area (Å²) in [6.07, 6.45) is 8.56. The van der Waals surface area contributed by atoms with Crippen LogP contribution in [0.15, 0.2) is 77.4 Å². The van der Waals surface area contributed by atoms with Gasteiger partial charge in [0.15, 0.2) is 5.82 Å². The van der Waals surface area contributed by atoms with Gasteiger partial charge >= 0.3 is 0 Å². The Labute approximate surface area is 244 Å². The highest BCUT2D eigenvalue weighted by atomic mass is 16.1. The molecule has 2 N–H and O–H groups in total. The number of carbonyl (C=O) groups excluding carboxylic acids is 1. The first-order valence-electron chi connectivity index (χ1n) is 14.9. The van der Waals surface area contributed by atoms with Crippen molar-refractivity contribution in [2.24, 2.45) is 0 Å². The van der Waals surface area contributed by atoms with Crippen LogP contribution < -0.4 is 16.2 Å². The van der Waals surface area contributed by atoms with Crippen molar-refractivity contribution in [1.82, 2.24) is 24.7 Å². The van der Waals surface area contributed by atoms with Gasteiger partial charge in [0.05, 0.1) is 0 Å². The van der Waals surface area contributed by atoms with Crippen LogP contribution in [-0.4, -0.2) is 77.1 Å². The van der Waals surface area contributed by atoms with Crippen molar-refractivity contribution in [2.45, 2.75) is 46.1 Å². The van der Waals surface area contributed by atoms with Crippen molar-refractivity contribution < 1.29 is 4.79 Å². The lowest BCUT2D eigenvalue weighted by molar-refractivity contribution is 0.0948. The van der Waals surface area contributed by atoms with Gasteiger partial charge in [0.2, 0.25) is 0 Å². The third-order valence-electron chi connectivity index (χ3n) is 7.56. The minimum Gasteiger partial charge on any atom is -0.363 e. The molecule has 0 aliphatic carbocycles. The Morgan fingerprint density at radius 3 is 2.46 bits per heavy atom. The largest absolute Gasteiger partial charge is 0.363 e. The number of carbonyl (C=O) groups is 1. The van der Waals surface area contributed by atoms with E-state index >= 15 is 0 Å². The molecule has 2 aromatic carbocycles. The fraction of sp³-hybridized carbons (Fsp3) is 0.424. The van der Waals surface area contributed by atoms with Crippen molar-refractivity contribution in [3.05, 3.63) is 94.0 Å². The van der Waals surface area contributed by atoms with Gasteiger partial charge in [-0.05, 0) is 69.1 Å². The molecule has 218 valence electrons. The van der Waals surface area contributed by atoms with Crippen molar-refractivity contribution in [3.63, 3.8) is 0 Å². The first kappa shape index (κ1) is 30.2. The van der Waals surface area contributed by atoms with Crippen LogP contribution in [0.4, 0.5) is 5.82 Å². The van der Waals surface area contributed by atoms with Crippen LogP contribution in [-0.2, 0) is 0 Å². The summed E-state index contributed by atoms with van der Waals surface area (Å²) >= 11 is 0. The van der Waals surface area contributed by atoms with Crippen molar-refractivity contribution >= 4 is 17.8 Å². The van der Waals surface area contributed by atoms with E-state index in [1.807, 2.05) is 6.07 Å². The standard InChI is InChI=1S/C33H44N6O2/c1-4-19-37(5-2)22-17-35-32(40)28-11-13-30(14-12-28)39-23-18-34-31(33(39)41)36-29-15-20-38(21-16-29)25-26(3)24-27-9-7-6-8-10-27/h6-14,18,23-24,29H,4-5,15-17,19-22,25H2,1-3H3,(H,34,36)(H,35,40)/b26-24+. The van der Waals surface area contributed by atoms with Crippen LogP contribution >= 0.6 is 0 Å². The molecule has 3 aromatic rings. The van der Waals surface area contributed by atoms with E-state index in [0.29, 0.717) is 23.6 Å². The third kappa shape index (κ3) is 8.87. The average molecular weight is 557 g/mol. The molecule has 0 radical (unpaired) electrons. The molecule has 4 rings (SSSR count). The number of hydrogen-bond acceptors (Lipinski definition) is 6. The van der Waals surface area contributed by atoms with Gasteiger partial charge in [0, 0.05) is 62.4 Å². The van der Waals surface area contributed by atoms with E-state index < -0.39 is 0 Å². The number of likely N-dealkylation sites (tertiary alicyclic amines) is 1. The summed E-state index contributed by atoms with van der Waals surface area (Å²) in [5, 5.41) is 6.39. The number of likely N-dealkylation sites (N-methyl/N-ethyl adjacent to an activating group) is 1. The third-order valence-corrected chi connectivity index (χ3v) is 7.56. The highest BCUT2D eigenvalue weighted by Gasteiger charge is 2.21. The zero-order valence-electron chi connectivity index (χ0n) is 24.7. The summed E-state index contributed by atoms with van der Waals surface area (Å²) in [6, 6.07) is 17.7. The minimum atomic E-state index is -0.190. The molecular formula is C33H44N6O2. The summed E-state index contributed by atoms with van der Waals surface area (Å²) in [6.45, 7) is 12.8. The Morgan fingerprint density at radius 2 is 1.78 bits per heavy atom. The van der Waals surface area contributed by atoms with E-state index in [2.05, 4.69) is 76.5 Å². The normalized spacial score (nSPS) is 14.8. The van der Waals surface area contributed by atoms with Gasteiger partial charge in [-0.2, -0.15) is 0 Å². The molecule has 0 unspecified atom stereocenters. The maximum absolute atomic E-state index is 13.3. The van der Waals surface area contributed by atoms with Crippen molar-refractivity contribution in [1.29, 1.82) is 0 Å². The molecule has 8 heteroatoms. The maximum Gasteiger partial charge on any atom is 0.297 e. The molecular weight excluding hydrogens is 512 g/mol. The molecule has 1 aliphatic heterocycles. The number of rotatable bonds is 13. The van der Waals surface area contributed by atoms with E-state index in [0.717, 1.165) is 58.5 Å². The Kier molecular flexibility index (Phi) is 11.3. The first-order chi connectivity index (χ1) is 20.0. The number of piperidine rings is 1. The van der Waals surface area contributed by atoms with Gasteiger partial charge in [-0.15, -0.1) is 0 Å². The van der Waals surface area contributed by atoms with E-state index in [4.69, 9.17) is 0 Å². The van der Waals surface area contributed by atoms with Gasteiger partial charge in [-0.25, -0.2) is 4.98 Å². The molecule has 2 heterocycles. The number of amides is 1. The monoisotopic (exact) mass is 556 g/mol. The van der Waals surface area contributed by atoms with Crippen LogP contribution in [0, 0.1) is 0 Å². The van der Waals surface area contributed by atoms with Crippen LogP contribution in [0.2, 0.25) is 0 Å². The molecule has 1 aliphatic rings. The Balaban J connectivity index is 1.29. The lowest BCUT2D eigenvalue weighted by Crippen LogP contribution is -2.41. The smallest absolute Gasteiger partial charge is 0.297 e. The van der Waals surface area contributed by atoms with Gasteiger partial charge in [-0.3, -0.25) is 19.1 Å². The van der Waals surface area contributed by atoms with Crippen LogP contribution in [0.5, 0.6) is 0 Å². The SMILES string of the molecule is CCCN(CC)CCNC(=O)c1ccc(-n2ccnc(NC3CCN(C/C(C)=C/c4ccccc4)CC3)c2=O)cc1. The van der Waals surface area contributed by atoms with Crippen molar-refractivity contribution in [2.75, 3.05) is 51.1 Å². The average Bonchev–Trinajstić information content (AvgIpc) is 2.99. The summed E-state index contributed by atoms with van der Waals surface area (Å²) in [5.74, 6) is 0.256. The van der Waals surface area contributed by atoms with Gasteiger partial charge in [-0.1, -0.05) is 55.8 Å². The molecule has 8 nitrogen and oxygen atoms in total. The molecule has 1 saturated heterocycles. The molecule has 1 aromatic heterocycles. The topological polar surface area (TPSA) is 82.5 Å². The predicted octanol–water partition coefficient (Wildman–Crippen LogP) is 4.67. The van der Waals surface area contributed by atoms with E-state index in [-0.39, 0.29) is 17.5 Å². The second-order valence-electron chi connectivity index (χ2n) is 10.8. The summed E-state index contributed by atoms with van der Waals surface area (Å²) in [4.78, 5) is 35.0.